The van der Waals surface area contributed by atoms with Crippen LogP contribution in [0.1, 0.15) is 0 Å². The van der Waals surface area contributed by atoms with E-state index in [-0.39, 0.29) is 6.07 Å². The molecule has 0 aliphatic carbocycles. The normalized spacial score (nSPS) is 13.2. The second kappa shape index (κ2) is 5.13. The lowest BCUT2D eigenvalue weighted by Crippen LogP contribution is -2.63. The van der Waals surface area contributed by atoms with Crippen LogP contribution in [-0.2, 0) is 4.79 Å². The van der Waals surface area contributed by atoms with Crippen LogP contribution in [0.15, 0.2) is 18.2 Å². The molecule has 0 aromatic heterocycles. The Morgan fingerprint density at radius 1 is 0.952 bits per heavy atom. The zero-order valence-electron chi connectivity index (χ0n) is 9.52. The van der Waals surface area contributed by atoms with Crippen LogP contribution >= 0.6 is 0 Å². The van der Waals surface area contributed by atoms with Gasteiger partial charge in [0.25, 0.3) is 0 Å². The highest BCUT2D eigenvalue weighted by molar-refractivity contribution is 5.83. The van der Waals surface area contributed by atoms with E-state index >= 15 is 0 Å². The minimum absolute atomic E-state index is 0.0421. The third kappa shape index (κ3) is 3.06. The molecule has 3 nitrogen and oxygen atoms in total. The van der Waals surface area contributed by atoms with Crippen molar-refractivity contribution in [2.75, 3.05) is 0 Å². The van der Waals surface area contributed by atoms with E-state index < -0.39 is 41.3 Å². The number of ether oxygens (including phenoxy) is 1. The summed E-state index contributed by atoms with van der Waals surface area (Å²) in [6.45, 7) is 0. The fourth-order valence-corrected chi connectivity index (χ4v) is 1.11. The molecule has 0 saturated heterocycles. The van der Waals surface area contributed by atoms with Crippen molar-refractivity contribution >= 4 is 5.97 Å². The topological polar surface area (TPSA) is 46.5 Å². The van der Waals surface area contributed by atoms with Gasteiger partial charge in [0, 0.05) is 6.07 Å². The highest BCUT2D eigenvalue weighted by Gasteiger charge is 2.76. The largest absolute Gasteiger partial charge is 0.437 e. The Morgan fingerprint density at radius 3 is 1.81 bits per heavy atom. The van der Waals surface area contributed by atoms with E-state index in [4.69, 9.17) is 5.11 Å². The number of benzene rings is 1. The Labute approximate surface area is 110 Å². The lowest BCUT2D eigenvalue weighted by atomic mass is 10.0. The van der Waals surface area contributed by atoms with Crippen molar-refractivity contribution in [2.24, 2.45) is 0 Å². The molecule has 0 atom stereocenters. The van der Waals surface area contributed by atoms with Crippen LogP contribution in [0.3, 0.4) is 0 Å². The summed E-state index contributed by atoms with van der Waals surface area (Å²) in [4.78, 5) is 11.0. The van der Waals surface area contributed by atoms with E-state index in [0.717, 1.165) is 0 Å². The lowest BCUT2D eigenvalue weighted by Gasteiger charge is -2.29. The van der Waals surface area contributed by atoms with Crippen LogP contribution in [0.4, 0.5) is 35.1 Å². The van der Waals surface area contributed by atoms with Gasteiger partial charge in [-0.15, -0.1) is 0 Å². The molecule has 0 spiro atoms. The molecule has 118 valence electrons. The first-order valence-electron chi connectivity index (χ1n) is 4.84. The summed E-state index contributed by atoms with van der Waals surface area (Å²) >= 11 is 0. The van der Waals surface area contributed by atoms with Gasteiger partial charge in [-0.05, 0) is 12.1 Å². The van der Waals surface area contributed by atoms with E-state index in [1.54, 1.807) is 0 Å². The molecule has 0 heterocycles. The summed E-state index contributed by atoms with van der Waals surface area (Å²) in [5.74, 6) is -7.45. The molecule has 1 rings (SSSR count). The minimum Gasteiger partial charge on any atom is -0.424 e. The van der Waals surface area contributed by atoms with Crippen LogP contribution in [0.5, 0.6) is 5.75 Å². The predicted molar refractivity (Wildman–Crippen MR) is 49.1 cm³/mol. The Balaban J connectivity index is 3.17. The maximum Gasteiger partial charge on any atom is 0.437 e. The summed E-state index contributed by atoms with van der Waals surface area (Å²) < 4.78 is 103. The molecule has 1 aromatic carbocycles. The van der Waals surface area contributed by atoms with Crippen LogP contribution in [0.2, 0.25) is 0 Å². The number of rotatable bonds is 2. The summed E-state index contributed by atoms with van der Waals surface area (Å²) in [5, 5.41) is 8.65. The second-order valence-electron chi connectivity index (χ2n) is 3.67. The number of carbonyl (C=O) groups excluding carboxylic acids is 1. The smallest absolute Gasteiger partial charge is 0.424 e. The number of hydrogen-bond donors (Lipinski definition) is 1. The Morgan fingerprint density at radius 2 is 1.43 bits per heavy atom. The van der Waals surface area contributed by atoms with Crippen molar-refractivity contribution in [3.05, 3.63) is 29.8 Å². The maximum absolute atomic E-state index is 12.7. The summed E-state index contributed by atoms with van der Waals surface area (Å²) in [6, 6.07) is 0.752. The number of alkyl halides is 6. The third-order valence-corrected chi connectivity index (χ3v) is 2.22. The Hall–Kier alpha value is -1.91. The van der Waals surface area contributed by atoms with Gasteiger partial charge in [-0.2, -0.15) is 26.3 Å². The molecule has 21 heavy (non-hydrogen) atoms. The molecular weight excluding hydrogens is 320 g/mol. The van der Waals surface area contributed by atoms with Gasteiger partial charge >= 0.3 is 23.9 Å². The zero-order chi connectivity index (χ0) is 16.6. The van der Waals surface area contributed by atoms with Gasteiger partial charge in [0.05, 0.1) is 0 Å². The van der Waals surface area contributed by atoms with Crippen molar-refractivity contribution < 1.29 is 49.8 Å². The molecule has 0 aliphatic rings. The zero-order valence-corrected chi connectivity index (χ0v) is 9.52. The monoisotopic (exact) mass is 324 g/mol. The van der Waals surface area contributed by atoms with Gasteiger partial charge in [-0.1, -0.05) is 0 Å². The fraction of sp³-hybridized carbons (Fsp3) is 0.300. The molecule has 0 saturated carbocycles. The molecule has 0 amide bonds. The molecule has 1 aromatic rings. The lowest BCUT2D eigenvalue weighted by molar-refractivity contribution is -0.354. The number of aliphatic hydroxyl groups is 1. The van der Waals surface area contributed by atoms with E-state index in [1.807, 2.05) is 0 Å². The molecule has 0 bridgehead atoms. The van der Waals surface area contributed by atoms with E-state index in [2.05, 4.69) is 4.74 Å². The molecule has 0 fully saturated rings. The van der Waals surface area contributed by atoms with Gasteiger partial charge in [0.15, 0.2) is 11.6 Å². The molecule has 11 heteroatoms. The van der Waals surface area contributed by atoms with Crippen molar-refractivity contribution in [1.29, 1.82) is 0 Å². The van der Waals surface area contributed by atoms with Gasteiger partial charge in [-0.3, -0.25) is 0 Å². The standard InChI is InChI=1S/C10H4F8O3/c11-5-2-1-4(3-6(5)12)21-7(19)8(20,9(13,14)15)10(16,17)18/h1-3,20H. The molecule has 0 radical (unpaired) electrons. The number of esters is 1. The SMILES string of the molecule is O=C(Oc1ccc(F)c(F)c1)C(O)(C(F)(F)F)C(F)(F)F. The second-order valence-corrected chi connectivity index (χ2v) is 3.67. The number of carbonyl (C=O) groups is 1. The van der Waals surface area contributed by atoms with Gasteiger partial charge in [0.1, 0.15) is 5.75 Å². The van der Waals surface area contributed by atoms with Crippen molar-refractivity contribution in [2.45, 2.75) is 18.0 Å². The first kappa shape index (κ1) is 17.1. The number of halogens is 8. The third-order valence-electron chi connectivity index (χ3n) is 2.22. The minimum atomic E-state index is -6.43. The van der Waals surface area contributed by atoms with Crippen molar-refractivity contribution in [3.8, 4) is 5.75 Å². The van der Waals surface area contributed by atoms with Crippen LogP contribution in [-0.4, -0.2) is 29.0 Å². The highest BCUT2D eigenvalue weighted by atomic mass is 19.4. The van der Waals surface area contributed by atoms with Gasteiger partial charge in [-0.25, -0.2) is 13.6 Å². The van der Waals surface area contributed by atoms with Gasteiger partial charge < -0.3 is 9.84 Å². The van der Waals surface area contributed by atoms with Crippen LogP contribution < -0.4 is 4.74 Å². The van der Waals surface area contributed by atoms with Crippen LogP contribution in [0, 0.1) is 11.6 Å². The maximum atomic E-state index is 12.7. The molecule has 0 unspecified atom stereocenters. The van der Waals surface area contributed by atoms with Crippen LogP contribution in [0.25, 0.3) is 0 Å². The Bertz CT molecular complexity index is 534. The summed E-state index contributed by atoms with van der Waals surface area (Å²) in [6.07, 6.45) is -12.9. The Kier molecular flexibility index (Phi) is 4.19. The molecule has 1 N–H and O–H groups in total. The average Bonchev–Trinajstić information content (AvgIpc) is 2.29. The molecular formula is C10H4F8O3. The summed E-state index contributed by atoms with van der Waals surface area (Å²) in [7, 11) is 0. The fourth-order valence-electron chi connectivity index (χ4n) is 1.11. The van der Waals surface area contributed by atoms with E-state index in [1.165, 1.54) is 0 Å². The quantitative estimate of drug-likeness (QED) is 0.517. The molecule has 0 aliphatic heterocycles. The summed E-state index contributed by atoms with van der Waals surface area (Å²) in [5.41, 5.74) is -5.80. The van der Waals surface area contributed by atoms with Crippen molar-refractivity contribution in [3.63, 3.8) is 0 Å². The predicted octanol–water partition coefficient (Wildman–Crippen LogP) is 2.73. The highest BCUT2D eigenvalue weighted by Crippen LogP contribution is 2.43. The van der Waals surface area contributed by atoms with Gasteiger partial charge in [0.2, 0.25) is 0 Å². The average molecular weight is 324 g/mol. The first-order valence-corrected chi connectivity index (χ1v) is 4.84. The van der Waals surface area contributed by atoms with E-state index in [9.17, 15) is 39.9 Å². The van der Waals surface area contributed by atoms with Crippen molar-refractivity contribution in [1.82, 2.24) is 0 Å². The van der Waals surface area contributed by atoms with E-state index in [0.29, 0.717) is 12.1 Å². The first-order chi connectivity index (χ1) is 9.30. The number of hydrogen-bond acceptors (Lipinski definition) is 3.